The van der Waals surface area contributed by atoms with Crippen LogP contribution in [0.4, 0.5) is 5.69 Å². The van der Waals surface area contributed by atoms with E-state index >= 15 is 0 Å². The van der Waals surface area contributed by atoms with E-state index < -0.39 is 6.04 Å². The molecule has 35 heavy (non-hydrogen) atoms. The lowest BCUT2D eigenvalue weighted by atomic mass is 10.00. The van der Waals surface area contributed by atoms with E-state index in [1.807, 2.05) is 67.9 Å². The number of hydrogen-bond donors (Lipinski definition) is 1. The Bertz CT molecular complexity index is 1640. The average molecular weight is 488 g/mol. The van der Waals surface area contributed by atoms with Crippen molar-refractivity contribution in [2.45, 2.75) is 40.3 Å². The van der Waals surface area contributed by atoms with E-state index in [-0.39, 0.29) is 11.5 Å². The number of para-hydroxylation sites is 1. The molecule has 0 saturated carbocycles. The van der Waals surface area contributed by atoms with Crippen LogP contribution in [-0.2, 0) is 11.3 Å². The second-order valence-electron chi connectivity index (χ2n) is 8.35. The van der Waals surface area contributed by atoms with Gasteiger partial charge < -0.3 is 9.73 Å². The predicted octanol–water partition coefficient (Wildman–Crippen LogP) is 3.30. The van der Waals surface area contributed by atoms with Crippen molar-refractivity contribution in [1.82, 2.24) is 14.3 Å². The zero-order valence-corrected chi connectivity index (χ0v) is 20.7. The quantitative estimate of drug-likeness (QED) is 0.467. The summed E-state index contributed by atoms with van der Waals surface area (Å²) < 4.78 is 9.90. The Morgan fingerprint density at radius 1 is 1.17 bits per heavy atom. The van der Waals surface area contributed by atoms with Crippen LogP contribution in [0.25, 0.3) is 6.08 Å². The number of allylic oxidation sites excluding steroid dienone is 1. The van der Waals surface area contributed by atoms with Gasteiger partial charge >= 0.3 is 0 Å². The van der Waals surface area contributed by atoms with E-state index in [2.05, 4.69) is 15.4 Å². The Morgan fingerprint density at radius 3 is 2.60 bits per heavy atom. The monoisotopic (exact) mass is 487 g/mol. The van der Waals surface area contributed by atoms with Crippen LogP contribution in [0.3, 0.4) is 0 Å². The average Bonchev–Trinajstić information content (AvgIpc) is 3.51. The molecule has 1 aliphatic heterocycles. The van der Waals surface area contributed by atoms with Crippen LogP contribution < -0.4 is 20.2 Å². The van der Waals surface area contributed by atoms with Crippen molar-refractivity contribution in [3.63, 3.8) is 0 Å². The van der Waals surface area contributed by atoms with E-state index in [0.717, 1.165) is 17.8 Å². The van der Waals surface area contributed by atoms with Gasteiger partial charge in [0.2, 0.25) is 0 Å². The minimum Gasteiger partial charge on any atom is -0.464 e. The number of nitrogens with one attached hydrogen (secondary N) is 1. The molecule has 3 aromatic heterocycles. The summed E-state index contributed by atoms with van der Waals surface area (Å²) in [5.41, 5.74) is 3.20. The van der Waals surface area contributed by atoms with Crippen molar-refractivity contribution >= 4 is 29.0 Å². The highest BCUT2D eigenvalue weighted by Gasteiger charge is 2.34. The summed E-state index contributed by atoms with van der Waals surface area (Å²) in [6.07, 6.45) is 3.60. The van der Waals surface area contributed by atoms with Gasteiger partial charge in [0.15, 0.2) is 4.80 Å². The number of fused-ring (bicyclic) bond motifs is 1. The number of nitrogens with zero attached hydrogens (tertiary/aromatic N) is 4. The predicted molar refractivity (Wildman–Crippen MR) is 135 cm³/mol. The molecule has 0 fully saturated rings. The molecule has 0 saturated heterocycles. The normalized spacial score (nSPS) is 15.8. The summed E-state index contributed by atoms with van der Waals surface area (Å²) in [7, 11) is 0. The third-order valence-corrected chi connectivity index (χ3v) is 7.04. The molecule has 9 heteroatoms. The molecule has 4 aromatic rings. The number of carbonyl (C=O) groups is 1. The SMILES string of the molecule is CCn1ncc(/C=c2/sc3n(c2=O)[C@@H](c2ccc(C)o2)C(C(=O)Nc2ccccc2)=C(C)N=3)c1C. The molecule has 4 heterocycles. The maximum Gasteiger partial charge on any atom is 0.271 e. The lowest BCUT2D eigenvalue weighted by Gasteiger charge is -2.23. The fourth-order valence-corrected chi connectivity index (χ4v) is 5.30. The van der Waals surface area contributed by atoms with Gasteiger partial charge in [-0.2, -0.15) is 5.10 Å². The van der Waals surface area contributed by atoms with Crippen LogP contribution in [0, 0.1) is 13.8 Å². The smallest absolute Gasteiger partial charge is 0.271 e. The van der Waals surface area contributed by atoms with Crippen molar-refractivity contribution in [3.8, 4) is 0 Å². The van der Waals surface area contributed by atoms with Crippen LogP contribution in [0.1, 0.15) is 42.7 Å². The molecular formula is C26H25N5O3S. The molecule has 1 atom stereocenters. The number of thiazole rings is 1. The number of anilines is 1. The van der Waals surface area contributed by atoms with Crippen molar-refractivity contribution in [1.29, 1.82) is 0 Å². The first-order valence-electron chi connectivity index (χ1n) is 11.3. The van der Waals surface area contributed by atoms with Gasteiger partial charge in [0.1, 0.15) is 17.6 Å². The molecule has 0 spiro atoms. The topological polar surface area (TPSA) is 94.4 Å². The first kappa shape index (κ1) is 22.8. The maximum atomic E-state index is 13.7. The van der Waals surface area contributed by atoms with Gasteiger partial charge in [-0.1, -0.05) is 29.5 Å². The van der Waals surface area contributed by atoms with E-state index in [0.29, 0.717) is 37.8 Å². The standard InChI is InChI=1S/C26H25N5O3S/c1-5-30-17(4)18(14-27-30)13-21-25(33)31-23(20-12-11-15(2)34-20)22(16(3)28-26(31)35-21)24(32)29-19-9-7-6-8-10-19/h6-14,23H,5H2,1-4H3,(H,29,32)/b21-13+/t23-/m0/s1. The number of furan rings is 1. The van der Waals surface area contributed by atoms with Crippen LogP contribution in [0.2, 0.25) is 0 Å². The highest BCUT2D eigenvalue weighted by molar-refractivity contribution is 7.07. The first-order valence-corrected chi connectivity index (χ1v) is 12.2. The van der Waals surface area contributed by atoms with Gasteiger partial charge in [-0.05, 0) is 58.0 Å². The van der Waals surface area contributed by atoms with Gasteiger partial charge in [0.05, 0.1) is 22.0 Å². The zero-order chi connectivity index (χ0) is 24.7. The summed E-state index contributed by atoms with van der Waals surface area (Å²) in [6, 6.07) is 12.1. The fourth-order valence-electron chi connectivity index (χ4n) is 4.26. The molecule has 8 nitrogen and oxygen atoms in total. The first-order chi connectivity index (χ1) is 16.9. The number of aromatic nitrogens is 3. The number of aryl methyl sites for hydroxylation is 2. The Balaban J connectivity index is 1.67. The minimum atomic E-state index is -0.731. The lowest BCUT2D eigenvalue weighted by molar-refractivity contribution is -0.113. The van der Waals surface area contributed by atoms with Crippen LogP contribution in [-0.4, -0.2) is 20.3 Å². The van der Waals surface area contributed by atoms with Crippen molar-refractivity contribution in [3.05, 3.63) is 102 Å². The van der Waals surface area contributed by atoms with Gasteiger partial charge in [-0.3, -0.25) is 18.8 Å². The molecule has 5 rings (SSSR count). The number of benzene rings is 1. The summed E-state index contributed by atoms with van der Waals surface area (Å²) in [6.45, 7) is 8.37. The number of hydrogen-bond acceptors (Lipinski definition) is 6. The third-order valence-electron chi connectivity index (χ3n) is 6.06. The molecule has 0 bridgehead atoms. The molecule has 0 aliphatic carbocycles. The zero-order valence-electron chi connectivity index (χ0n) is 19.9. The molecule has 1 aromatic carbocycles. The molecule has 178 valence electrons. The van der Waals surface area contributed by atoms with Crippen LogP contribution in [0.5, 0.6) is 0 Å². The van der Waals surface area contributed by atoms with Crippen molar-refractivity contribution in [2.75, 3.05) is 5.32 Å². The van der Waals surface area contributed by atoms with E-state index in [9.17, 15) is 9.59 Å². The van der Waals surface area contributed by atoms with E-state index in [1.54, 1.807) is 23.8 Å². The summed E-state index contributed by atoms with van der Waals surface area (Å²) in [4.78, 5) is 32.3. The molecule has 1 amide bonds. The number of amides is 1. The number of carbonyl (C=O) groups excluding carboxylic acids is 1. The van der Waals surface area contributed by atoms with Gasteiger partial charge in [-0.15, -0.1) is 0 Å². The highest BCUT2D eigenvalue weighted by atomic mass is 32.1. The second kappa shape index (κ2) is 8.99. The Hall–Kier alpha value is -3.98. The summed E-state index contributed by atoms with van der Waals surface area (Å²) in [5.74, 6) is 0.880. The van der Waals surface area contributed by atoms with Crippen LogP contribution >= 0.6 is 11.3 Å². The van der Waals surface area contributed by atoms with Gasteiger partial charge in [0.25, 0.3) is 11.5 Å². The largest absolute Gasteiger partial charge is 0.464 e. The fraction of sp³-hybridized carbons (Fsp3) is 0.231. The van der Waals surface area contributed by atoms with Gasteiger partial charge in [0, 0.05) is 23.5 Å². The number of rotatable bonds is 5. The van der Waals surface area contributed by atoms with Crippen molar-refractivity contribution < 1.29 is 9.21 Å². The molecule has 0 radical (unpaired) electrons. The highest BCUT2D eigenvalue weighted by Crippen LogP contribution is 2.31. The molecule has 1 aliphatic rings. The third kappa shape index (κ3) is 4.08. The Morgan fingerprint density at radius 2 is 1.94 bits per heavy atom. The summed E-state index contributed by atoms with van der Waals surface area (Å²) >= 11 is 1.29. The molecule has 0 unspecified atom stereocenters. The lowest BCUT2D eigenvalue weighted by Crippen LogP contribution is -2.40. The van der Waals surface area contributed by atoms with E-state index in [4.69, 9.17) is 4.42 Å². The van der Waals surface area contributed by atoms with Crippen molar-refractivity contribution in [2.24, 2.45) is 4.99 Å². The second-order valence-corrected chi connectivity index (χ2v) is 9.36. The maximum absolute atomic E-state index is 13.7. The van der Waals surface area contributed by atoms with E-state index in [1.165, 1.54) is 11.3 Å². The minimum absolute atomic E-state index is 0.228. The molecular weight excluding hydrogens is 462 g/mol. The summed E-state index contributed by atoms with van der Waals surface area (Å²) in [5, 5.41) is 7.31. The Labute approximate surface area is 205 Å². The van der Waals surface area contributed by atoms with Gasteiger partial charge in [-0.25, -0.2) is 4.99 Å². The Kier molecular flexibility index (Phi) is 5.86. The molecule has 1 N–H and O–H groups in total. The van der Waals surface area contributed by atoms with Crippen LogP contribution in [0.15, 0.2) is 74.1 Å².